The van der Waals surface area contributed by atoms with Crippen LogP contribution in [0.2, 0.25) is 0 Å². The average Bonchev–Trinajstić information content (AvgIpc) is 3.63. The molecule has 10 rings (SSSR count). The lowest BCUT2D eigenvalue weighted by Gasteiger charge is -2.20. The molecule has 0 amide bonds. The maximum absolute atomic E-state index is 9.47. The van der Waals surface area contributed by atoms with Crippen LogP contribution in [-0.4, -0.2) is 0 Å². The molecule has 0 unspecified atom stereocenters. The minimum atomic E-state index is -0.433. The molecule has 0 aliphatic rings. The van der Waals surface area contributed by atoms with Gasteiger partial charge in [-0.1, -0.05) is 158 Å². The highest BCUT2D eigenvalue weighted by Gasteiger charge is 2.19. The van der Waals surface area contributed by atoms with Gasteiger partial charge in [-0.25, -0.2) is 0 Å². The molecule has 0 atom stereocenters. The molecule has 0 fully saturated rings. The van der Waals surface area contributed by atoms with Crippen LogP contribution < -0.4 is 0 Å². The molecule has 1 aromatic heterocycles. The highest BCUT2D eigenvalue weighted by atomic mass is 16.3. The Balaban J connectivity index is 1.35. The van der Waals surface area contributed by atoms with E-state index in [0.717, 1.165) is 55.0 Å². The number of rotatable bonds is 4. The fourth-order valence-corrected chi connectivity index (χ4v) is 7.33. The van der Waals surface area contributed by atoms with Gasteiger partial charge in [-0.15, -0.1) is 0 Å². The van der Waals surface area contributed by atoms with E-state index >= 15 is 0 Å². The van der Waals surface area contributed by atoms with Crippen LogP contribution in [0, 0.1) is 0 Å². The smallest absolute Gasteiger partial charge is 0.135 e. The zero-order chi connectivity index (χ0) is 39.3. The van der Waals surface area contributed by atoms with Crippen molar-refractivity contribution in [2.24, 2.45) is 0 Å². The molecule has 0 aliphatic heterocycles. The Morgan fingerprint density at radius 2 is 0.857 bits per heavy atom. The van der Waals surface area contributed by atoms with Crippen LogP contribution >= 0.6 is 0 Å². The van der Waals surface area contributed by atoms with E-state index in [2.05, 4.69) is 6.07 Å². The lowest BCUT2D eigenvalue weighted by atomic mass is 9.83. The normalized spacial score (nSPS) is 14.0. The molecule has 0 radical (unpaired) electrons. The van der Waals surface area contributed by atoms with Gasteiger partial charge in [-0.2, -0.15) is 0 Å². The topological polar surface area (TPSA) is 13.1 Å². The van der Waals surface area contributed by atoms with Crippen LogP contribution in [0.25, 0.3) is 98.8 Å². The molecule has 49 heavy (non-hydrogen) atoms. The van der Waals surface area contributed by atoms with E-state index in [1.165, 1.54) is 0 Å². The Kier molecular flexibility index (Phi) is 4.69. The fraction of sp³-hybridized carbons (Fsp3) is 0. The minimum Gasteiger partial charge on any atom is -0.456 e. The summed E-state index contributed by atoms with van der Waals surface area (Å²) in [5.74, 6) is 0. The van der Waals surface area contributed by atoms with Gasteiger partial charge in [0, 0.05) is 10.8 Å². The number of benzene rings is 9. The third-order valence-corrected chi connectivity index (χ3v) is 9.51. The SMILES string of the molecule is [2H]c1c([2H])c([2H])c2c(-c3ccc(-c4ccccc4)c4ccccc34)c3c([2H])c([2H])c([2H])c([2H])c3c(-c3cccc(-c4ccc5oc6ccccc6c5c4)c3)c2c1[2H]. The van der Waals surface area contributed by atoms with Crippen LogP contribution in [0.4, 0.5) is 0 Å². The van der Waals surface area contributed by atoms with Crippen molar-refractivity contribution in [3.05, 3.63) is 182 Å². The molecule has 1 heteroatoms. The van der Waals surface area contributed by atoms with E-state index in [9.17, 15) is 5.48 Å². The van der Waals surface area contributed by atoms with Crippen molar-refractivity contribution in [2.75, 3.05) is 0 Å². The first-order chi connectivity index (χ1) is 27.6. The molecule has 228 valence electrons. The van der Waals surface area contributed by atoms with Crippen molar-refractivity contribution in [3.63, 3.8) is 0 Å². The summed E-state index contributed by atoms with van der Waals surface area (Å²) in [5.41, 5.74) is 6.96. The van der Waals surface area contributed by atoms with Crippen LogP contribution in [0.5, 0.6) is 0 Å². The van der Waals surface area contributed by atoms with E-state index in [1.807, 2.05) is 127 Å². The molecule has 10 aromatic rings. The molecule has 0 aliphatic carbocycles. The Morgan fingerprint density at radius 1 is 0.327 bits per heavy atom. The first-order valence-electron chi connectivity index (χ1n) is 20.2. The third kappa shape index (κ3) is 4.40. The Hall–Kier alpha value is -6.44. The molecule has 0 bridgehead atoms. The van der Waals surface area contributed by atoms with Gasteiger partial charge in [0.25, 0.3) is 0 Å². The summed E-state index contributed by atoms with van der Waals surface area (Å²) in [4.78, 5) is 0. The van der Waals surface area contributed by atoms with E-state index in [-0.39, 0.29) is 45.7 Å². The summed E-state index contributed by atoms with van der Waals surface area (Å²) in [6.45, 7) is 0. The Labute approximate surface area is 295 Å². The molecule has 1 heterocycles. The number of para-hydroxylation sites is 1. The predicted octanol–water partition coefficient (Wildman–Crippen LogP) is 13.7. The largest absolute Gasteiger partial charge is 0.456 e. The molecule has 0 N–H and O–H groups in total. The van der Waals surface area contributed by atoms with Crippen molar-refractivity contribution >= 4 is 54.3 Å². The van der Waals surface area contributed by atoms with Crippen LogP contribution in [0.3, 0.4) is 0 Å². The van der Waals surface area contributed by atoms with E-state index in [4.69, 9.17) is 9.90 Å². The average molecular weight is 631 g/mol. The Morgan fingerprint density at radius 3 is 1.59 bits per heavy atom. The molecule has 9 aromatic carbocycles. The molecule has 0 saturated carbocycles. The molecule has 0 spiro atoms. The monoisotopic (exact) mass is 630 g/mol. The highest BCUT2D eigenvalue weighted by molar-refractivity contribution is 6.24. The zero-order valence-corrected chi connectivity index (χ0v) is 26.1. The second kappa shape index (κ2) is 11.1. The second-order valence-corrected chi connectivity index (χ2v) is 12.2. The first kappa shape index (κ1) is 20.7. The van der Waals surface area contributed by atoms with Gasteiger partial charge in [0.05, 0.1) is 11.0 Å². The van der Waals surface area contributed by atoms with Crippen LogP contribution in [-0.2, 0) is 0 Å². The summed E-state index contributed by atoms with van der Waals surface area (Å²) in [7, 11) is 0. The van der Waals surface area contributed by atoms with E-state index < -0.39 is 24.2 Å². The van der Waals surface area contributed by atoms with Gasteiger partial charge >= 0.3 is 0 Å². The standard InChI is InChI=1S/C48H30O/c1-2-13-31(14-3-1)35-26-27-43(37-18-5-4-17-36(35)37)48-41-22-8-6-20-39(41)47(40-21-7-9-23-42(40)48)34-16-12-15-32(29-34)33-25-28-46-44(30-33)38-19-10-11-24-45(38)49-46/h1-30H/i6D,7D,8D,9D,20D,21D,22D,23D. The highest BCUT2D eigenvalue weighted by Crippen LogP contribution is 2.47. The molecule has 1 nitrogen and oxygen atoms in total. The summed E-state index contributed by atoms with van der Waals surface area (Å²) in [6, 6.07) is 40.1. The number of hydrogen-bond donors (Lipinski definition) is 0. The number of fused-ring (bicyclic) bond motifs is 6. The second-order valence-electron chi connectivity index (χ2n) is 12.2. The van der Waals surface area contributed by atoms with E-state index in [1.54, 1.807) is 0 Å². The van der Waals surface area contributed by atoms with Gasteiger partial charge in [-0.3, -0.25) is 0 Å². The zero-order valence-electron chi connectivity index (χ0n) is 34.1. The number of furan rings is 1. The third-order valence-electron chi connectivity index (χ3n) is 9.51. The fourth-order valence-electron chi connectivity index (χ4n) is 7.33. The van der Waals surface area contributed by atoms with Gasteiger partial charge in [-0.05, 0) is 101 Å². The predicted molar refractivity (Wildman–Crippen MR) is 208 cm³/mol. The van der Waals surface area contributed by atoms with Gasteiger partial charge in [0.1, 0.15) is 11.2 Å². The number of hydrogen-bond acceptors (Lipinski definition) is 1. The van der Waals surface area contributed by atoms with Crippen molar-refractivity contribution in [2.45, 2.75) is 0 Å². The lowest BCUT2D eigenvalue weighted by Crippen LogP contribution is -1.92. The van der Waals surface area contributed by atoms with Gasteiger partial charge < -0.3 is 4.42 Å². The Bertz CT molecular complexity index is 3250. The maximum atomic E-state index is 9.47. The summed E-state index contributed by atoms with van der Waals surface area (Å²) in [5, 5.41) is 4.32. The van der Waals surface area contributed by atoms with Crippen molar-refractivity contribution in [1.29, 1.82) is 0 Å². The lowest BCUT2D eigenvalue weighted by molar-refractivity contribution is 0.669. The maximum Gasteiger partial charge on any atom is 0.135 e. The van der Waals surface area contributed by atoms with Crippen LogP contribution in [0.1, 0.15) is 11.0 Å². The van der Waals surface area contributed by atoms with Gasteiger partial charge in [0.2, 0.25) is 0 Å². The van der Waals surface area contributed by atoms with E-state index in [0.29, 0.717) is 22.3 Å². The quantitative estimate of drug-likeness (QED) is 0.176. The van der Waals surface area contributed by atoms with Crippen LogP contribution in [0.15, 0.2) is 186 Å². The van der Waals surface area contributed by atoms with Crippen molar-refractivity contribution in [3.8, 4) is 44.5 Å². The summed E-state index contributed by atoms with van der Waals surface area (Å²) >= 11 is 0. The molecule has 0 saturated heterocycles. The van der Waals surface area contributed by atoms with Crippen molar-refractivity contribution in [1.82, 2.24) is 0 Å². The first-order valence-corrected chi connectivity index (χ1v) is 16.2. The minimum absolute atomic E-state index is 0.179. The van der Waals surface area contributed by atoms with Crippen molar-refractivity contribution < 1.29 is 15.4 Å². The molecular weight excluding hydrogens is 593 g/mol. The molecular formula is C48H30O. The summed E-state index contributed by atoms with van der Waals surface area (Å²) < 4.78 is 79.5. The summed E-state index contributed by atoms with van der Waals surface area (Å²) in [6.07, 6.45) is 0. The van der Waals surface area contributed by atoms with Gasteiger partial charge in [0.15, 0.2) is 0 Å².